The van der Waals surface area contributed by atoms with E-state index in [1.807, 2.05) is 12.3 Å². The van der Waals surface area contributed by atoms with Gasteiger partial charge >= 0.3 is 0 Å². The second kappa shape index (κ2) is 3.58. The van der Waals surface area contributed by atoms with E-state index in [0.29, 0.717) is 0 Å². The van der Waals surface area contributed by atoms with Gasteiger partial charge in [-0.25, -0.2) is 0 Å². The van der Waals surface area contributed by atoms with E-state index >= 15 is 0 Å². The molecule has 0 aliphatic heterocycles. The zero-order valence-electron chi connectivity index (χ0n) is 7.12. The molecule has 0 aliphatic rings. The molecule has 11 heavy (non-hydrogen) atoms. The molecule has 1 N–H and O–H groups in total. The van der Waals surface area contributed by atoms with Crippen molar-refractivity contribution in [2.45, 2.75) is 26.3 Å². The minimum absolute atomic E-state index is 0.228. The Balaban J connectivity index is 2.81. The number of aromatic nitrogens is 1. The van der Waals surface area contributed by atoms with Gasteiger partial charge in [-0.15, -0.1) is 0 Å². The molecule has 1 aromatic rings. The molecule has 1 rings (SSSR count). The average molecular weight is 153 g/mol. The lowest BCUT2D eigenvalue weighted by molar-refractivity contribution is 0.223. The molecular weight excluding hydrogens is 138 g/mol. The lowest BCUT2D eigenvalue weighted by atomic mass is 10.2. The van der Waals surface area contributed by atoms with Crippen LogP contribution in [-0.2, 0) is 0 Å². The molecule has 2 nitrogen and oxygen atoms in total. The topological polar surface area (TPSA) is 25.2 Å². The number of aliphatic hydroxyl groups is 1. The summed E-state index contributed by atoms with van der Waals surface area (Å²) in [5.74, 6) is 0. The van der Waals surface area contributed by atoms with Crippen LogP contribution in [0.2, 0.25) is 0 Å². The number of hydrogen-bond acceptors (Lipinski definition) is 1. The van der Waals surface area contributed by atoms with E-state index in [9.17, 15) is 0 Å². The van der Waals surface area contributed by atoms with Crippen LogP contribution in [0.15, 0.2) is 18.3 Å². The van der Waals surface area contributed by atoms with Crippen LogP contribution in [0, 0.1) is 6.92 Å². The van der Waals surface area contributed by atoms with E-state index in [0.717, 1.165) is 6.42 Å². The SMILES string of the molecule is CCC(CO)n1cccc1C. The minimum atomic E-state index is 0.228. The highest BCUT2D eigenvalue weighted by atomic mass is 16.3. The molecule has 0 bridgehead atoms. The summed E-state index contributed by atoms with van der Waals surface area (Å²) >= 11 is 0. The van der Waals surface area contributed by atoms with Gasteiger partial charge < -0.3 is 9.67 Å². The Morgan fingerprint density at radius 1 is 1.64 bits per heavy atom. The standard InChI is InChI=1S/C9H15NO/c1-3-9(7-11)10-6-4-5-8(10)2/h4-6,9,11H,3,7H2,1-2H3. The molecule has 1 atom stereocenters. The first-order valence-corrected chi connectivity index (χ1v) is 4.04. The maximum atomic E-state index is 9.00. The quantitative estimate of drug-likeness (QED) is 0.703. The van der Waals surface area contributed by atoms with Gasteiger partial charge in [0, 0.05) is 11.9 Å². The highest BCUT2D eigenvalue weighted by molar-refractivity contribution is 5.05. The molecule has 0 aliphatic carbocycles. The van der Waals surface area contributed by atoms with Gasteiger partial charge in [-0.05, 0) is 25.5 Å². The zero-order valence-corrected chi connectivity index (χ0v) is 7.12. The summed E-state index contributed by atoms with van der Waals surface area (Å²) in [7, 11) is 0. The Morgan fingerprint density at radius 3 is 2.73 bits per heavy atom. The lowest BCUT2D eigenvalue weighted by Crippen LogP contribution is -2.12. The van der Waals surface area contributed by atoms with Crippen LogP contribution < -0.4 is 0 Å². The lowest BCUT2D eigenvalue weighted by Gasteiger charge is -2.15. The molecule has 1 aromatic heterocycles. The highest BCUT2D eigenvalue weighted by Crippen LogP contribution is 2.13. The number of aryl methyl sites for hydroxylation is 1. The van der Waals surface area contributed by atoms with Crippen molar-refractivity contribution < 1.29 is 5.11 Å². The van der Waals surface area contributed by atoms with Gasteiger partial charge in [-0.3, -0.25) is 0 Å². The van der Waals surface area contributed by atoms with E-state index < -0.39 is 0 Å². The predicted octanol–water partition coefficient (Wildman–Crippen LogP) is 1.74. The van der Waals surface area contributed by atoms with Crippen LogP contribution in [-0.4, -0.2) is 16.3 Å². The second-order valence-electron chi connectivity index (χ2n) is 2.80. The van der Waals surface area contributed by atoms with Crippen molar-refractivity contribution in [3.63, 3.8) is 0 Å². The van der Waals surface area contributed by atoms with Crippen molar-refractivity contribution in [3.05, 3.63) is 24.0 Å². The van der Waals surface area contributed by atoms with Crippen LogP contribution in [0.25, 0.3) is 0 Å². The van der Waals surface area contributed by atoms with Crippen molar-refractivity contribution in [1.82, 2.24) is 4.57 Å². The second-order valence-corrected chi connectivity index (χ2v) is 2.80. The molecule has 2 heteroatoms. The van der Waals surface area contributed by atoms with Crippen LogP contribution in [0.3, 0.4) is 0 Å². The number of nitrogens with zero attached hydrogens (tertiary/aromatic N) is 1. The Hall–Kier alpha value is -0.760. The Bertz CT molecular complexity index is 213. The van der Waals surface area contributed by atoms with Gasteiger partial charge in [0.25, 0.3) is 0 Å². The van der Waals surface area contributed by atoms with Crippen LogP contribution >= 0.6 is 0 Å². The maximum Gasteiger partial charge on any atom is 0.0638 e. The van der Waals surface area contributed by atoms with Gasteiger partial charge in [0.2, 0.25) is 0 Å². The Labute approximate surface area is 67.5 Å². The van der Waals surface area contributed by atoms with E-state index in [4.69, 9.17) is 5.11 Å². The fourth-order valence-corrected chi connectivity index (χ4v) is 1.30. The molecule has 0 spiro atoms. The molecule has 0 amide bonds. The first-order chi connectivity index (χ1) is 5.29. The monoisotopic (exact) mass is 153 g/mol. The van der Waals surface area contributed by atoms with Gasteiger partial charge in [0.15, 0.2) is 0 Å². The molecule has 1 unspecified atom stereocenters. The fourth-order valence-electron chi connectivity index (χ4n) is 1.30. The van der Waals surface area contributed by atoms with E-state index in [1.54, 1.807) is 0 Å². The number of rotatable bonds is 3. The van der Waals surface area contributed by atoms with Crippen molar-refractivity contribution in [1.29, 1.82) is 0 Å². The van der Waals surface area contributed by atoms with Crippen molar-refractivity contribution in [2.75, 3.05) is 6.61 Å². The summed E-state index contributed by atoms with van der Waals surface area (Å²) in [6.45, 7) is 4.37. The molecule has 0 fully saturated rings. The predicted molar refractivity (Wildman–Crippen MR) is 45.6 cm³/mol. The summed E-state index contributed by atoms with van der Waals surface area (Å²) in [6, 6.07) is 4.32. The third-order valence-electron chi connectivity index (χ3n) is 2.07. The summed E-state index contributed by atoms with van der Waals surface area (Å²) in [6.07, 6.45) is 2.99. The van der Waals surface area contributed by atoms with Crippen LogP contribution in [0.1, 0.15) is 25.1 Å². The molecule has 0 saturated carbocycles. The largest absolute Gasteiger partial charge is 0.394 e. The van der Waals surface area contributed by atoms with Gasteiger partial charge in [-0.2, -0.15) is 0 Å². The smallest absolute Gasteiger partial charge is 0.0638 e. The molecule has 62 valence electrons. The Kier molecular flexibility index (Phi) is 2.71. The number of aliphatic hydroxyl groups excluding tert-OH is 1. The van der Waals surface area contributed by atoms with Crippen LogP contribution in [0.4, 0.5) is 0 Å². The third kappa shape index (κ3) is 1.63. The van der Waals surface area contributed by atoms with E-state index in [1.165, 1.54) is 5.69 Å². The van der Waals surface area contributed by atoms with Gasteiger partial charge in [0.05, 0.1) is 12.6 Å². The molecule has 0 aromatic carbocycles. The van der Waals surface area contributed by atoms with Crippen molar-refractivity contribution in [3.8, 4) is 0 Å². The Morgan fingerprint density at radius 2 is 2.36 bits per heavy atom. The van der Waals surface area contributed by atoms with Crippen molar-refractivity contribution in [2.24, 2.45) is 0 Å². The first-order valence-electron chi connectivity index (χ1n) is 4.04. The first kappa shape index (κ1) is 8.34. The summed E-state index contributed by atoms with van der Waals surface area (Å²) in [4.78, 5) is 0. The molecule has 1 heterocycles. The molecule has 0 saturated heterocycles. The van der Waals surface area contributed by atoms with Gasteiger partial charge in [0.1, 0.15) is 0 Å². The van der Waals surface area contributed by atoms with Crippen molar-refractivity contribution >= 4 is 0 Å². The summed E-state index contributed by atoms with van der Waals surface area (Å²) in [5, 5.41) is 9.00. The minimum Gasteiger partial charge on any atom is -0.394 e. The fraction of sp³-hybridized carbons (Fsp3) is 0.556. The molecule has 0 radical (unpaired) electrons. The normalized spacial score (nSPS) is 13.4. The third-order valence-corrected chi connectivity index (χ3v) is 2.07. The molecular formula is C9H15NO. The number of hydrogen-bond donors (Lipinski definition) is 1. The average Bonchev–Trinajstić information content (AvgIpc) is 2.40. The van der Waals surface area contributed by atoms with E-state index in [-0.39, 0.29) is 12.6 Å². The van der Waals surface area contributed by atoms with E-state index in [2.05, 4.69) is 24.5 Å². The summed E-state index contributed by atoms with van der Waals surface area (Å²) < 4.78 is 2.11. The zero-order chi connectivity index (χ0) is 8.27. The summed E-state index contributed by atoms with van der Waals surface area (Å²) in [5.41, 5.74) is 1.21. The highest BCUT2D eigenvalue weighted by Gasteiger charge is 2.06. The maximum absolute atomic E-state index is 9.00. The van der Waals surface area contributed by atoms with Gasteiger partial charge in [-0.1, -0.05) is 6.92 Å². The van der Waals surface area contributed by atoms with Crippen LogP contribution in [0.5, 0.6) is 0 Å².